The van der Waals surface area contributed by atoms with Crippen molar-refractivity contribution in [1.82, 2.24) is 0 Å². The Balaban J connectivity index is 1.64. The van der Waals surface area contributed by atoms with Gasteiger partial charge in [-0.2, -0.15) is 0 Å². The lowest BCUT2D eigenvalue weighted by molar-refractivity contribution is -0.0315. The SMILES string of the molecule is COCOCCCCCCCCCCC=C1CC1. The van der Waals surface area contributed by atoms with E-state index in [1.807, 2.05) is 0 Å². The van der Waals surface area contributed by atoms with E-state index in [9.17, 15) is 0 Å². The Labute approximate surface area is 113 Å². The molecule has 0 radical (unpaired) electrons. The Morgan fingerprint density at radius 2 is 1.50 bits per heavy atom. The third kappa shape index (κ3) is 10.8. The van der Waals surface area contributed by atoms with Gasteiger partial charge in [0.05, 0.1) is 0 Å². The molecule has 18 heavy (non-hydrogen) atoms. The van der Waals surface area contributed by atoms with Crippen LogP contribution >= 0.6 is 0 Å². The van der Waals surface area contributed by atoms with Crippen LogP contribution in [0.5, 0.6) is 0 Å². The van der Waals surface area contributed by atoms with Gasteiger partial charge in [-0.05, 0) is 32.1 Å². The molecule has 0 saturated heterocycles. The number of methoxy groups -OCH3 is 1. The van der Waals surface area contributed by atoms with Crippen LogP contribution in [0.2, 0.25) is 0 Å². The van der Waals surface area contributed by atoms with Crippen LogP contribution in [0.4, 0.5) is 0 Å². The van der Waals surface area contributed by atoms with Crippen molar-refractivity contribution in [3.63, 3.8) is 0 Å². The van der Waals surface area contributed by atoms with Gasteiger partial charge in [0, 0.05) is 13.7 Å². The highest BCUT2D eigenvalue weighted by Crippen LogP contribution is 2.28. The number of rotatable bonds is 13. The maximum Gasteiger partial charge on any atom is 0.146 e. The summed E-state index contributed by atoms with van der Waals surface area (Å²) < 4.78 is 10.1. The Kier molecular flexibility index (Phi) is 10.2. The fourth-order valence-electron chi connectivity index (χ4n) is 2.13. The Morgan fingerprint density at radius 3 is 2.11 bits per heavy atom. The second kappa shape index (κ2) is 11.7. The molecule has 0 N–H and O–H groups in total. The first-order valence-corrected chi connectivity index (χ1v) is 7.68. The minimum absolute atomic E-state index is 0.441. The molecule has 0 unspecified atom stereocenters. The lowest BCUT2D eigenvalue weighted by Gasteiger charge is -2.03. The highest BCUT2D eigenvalue weighted by Gasteiger charge is 2.08. The van der Waals surface area contributed by atoms with Gasteiger partial charge in [0.1, 0.15) is 6.79 Å². The zero-order valence-electron chi connectivity index (χ0n) is 12.1. The Bertz CT molecular complexity index is 205. The Hall–Kier alpha value is -0.340. The van der Waals surface area contributed by atoms with Crippen LogP contribution < -0.4 is 0 Å². The predicted octanol–water partition coefficient (Wildman–Crippen LogP) is 4.84. The second-order valence-electron chi connectivity index (χ2n) is 5.29. The van der Waals surface area contributed by atoms with Crippen LogP contribution in [-0.2, 0) is 9.47 Å². The lowest BCUT2D eigenvalue weighted by atomic mass is 10.1. The molecule has 0 aromatic rings. The first kappa shape index (κ1) is 15.7. The second-order valence-corrected chi connectivity index (χ2v) is 5.29. The molecule has 2 heteroatoms. The van der Waals surface area contributed by atoms with Gasteiger partial charge in [-0.15, -0.1) is 0 Å². The van der Waals surface area contributed by atoms with Gasteiger partial charge in [0.15, 0.2) is 0 Å². The molecule has 0 bridgehead atoms. The van der Waals surface area contributed by atoms with E-state index in [0.29, 0.717) is 6.79 Å². The number of unbranched alkanes of at least 4 members (excludes halogenated alkanes) is 8. The highest BCUT2D eigenvalue weighted by molar-refractivity contribution is 5.15. The van der Waals surface area contributed by atoms with Gasteiger partial charge in [-0.25, -0.2) is 0 Å². The zero-order valence-corrected chi connectivity index (χ0v) is 12.1. The first-order valence-electron chi connectivity index (χ1n) is 7.68. The van der Waals surface area contributed by atoms with E-state index in [1.54, 1.807) is 12.7 Å². The molecule has 0 heterocycles. The standard InChI is InChI=1S/C16H30O2/c1-17-15-18-14-10-8-6-4-2-3-5-7-9-11-16-12-13-16/h11H,2-10,12-15H2,1H3. The molecule has 106 valence electrons. The van der Waals surface area contributed by atoms with E-state index in [1.165, 1.54) is 70.6 Å². The van der Waals surface area contributed by atoms with Crippen molar-refractivity contribution in [2.24, 2.45) is 0 Å². The summed E-state index contributed by atoms with van der Waals surface area (Å²) in [6.07, 6.45) is 17.4. The average molecular weight is 254 g/mol. The van der Waals surface area contributed by atoms with Crippen LogP contribution in [0, 0.1) is 0 Å². The molecule has 0 aromatic heterocycles. The minimum atomic E-state index is 0.441. The van der Waals surface area contributed by atoms with Crippen LogP contribution in [0.25, 0.3) is 0 Å². The van der Waals surface area contributed by atoms with Gasteiger partial charge in [0.25, 0.3) is 0 Å². The summed E-state index contributed by atoms with van der Waals surface area (Å²) in [7, 11) is 1.67. The van der Waals surface area contributed by atoms with E-state index >= 15 is 0 Å². The van der Waals surface area contributed by atoms with Gasteiger partial charge in [-0.3, -0.25) is 0 Å². The monoisotopic (exact) mass is 254 g/mol. The average Bonchev–Trinajstić information content (AvgIpc) is 3.19. The number of hydrogen-bond donors (Lipinski definition) is 0. The summed E-state index contributed by atoms with van der Waals surface area (Å²) in [5, 5.41) is 0. The third-order valence-corrected chi connectivity index (χ3v) is 3.42. The van der Waals surface area contributed by atoms with E-state index in [0.717, 1.165) is 6.61 Å². The lowest BCUT2D eigenvalue weighted by Crippen LogP contribution is -1.98. The van der Waals surface area contributed by atoms with Gasteiger partial charge in [0.2, 0.25) is 0 Å². The molecule has 1 aliphatic rings. The maximum atomic E-state index is 5.25. The fourth-order valence-corrected chi connectivity index (χ4v) is 2.13. The van der Waals surface area contributed by atoms with Crippen LogP contribution in [0.3, 0.4) is 0 Å². The zero-order chi connectivity index (χ0) is 12.9. The molecule has 0 spiro atoms. The van der Waals surface area contributed by atoms with Crippen molar-refractivity contribution in [2.75, 3.05) is 20.5 Å². The third-order valence-electron chi connectivity index (χ3n) is 3.42. The summed E-state index contributed by atoms with van der Waals surface area (Å²) in [6.45, 7) is 1.29. The van der Waals surface area contributed by atoms with E-state index < -0.39 is 0 Å². The molecular formula is C16H30O2. The predicted molar refractivity (Wildman–Crippen MR) is 76.7 cm³/mol. The number of hydrogen-bond acceptors (Lipinski definition) is 2. The molecule has 1 fully saturated rings. The van der Waals surface area contributed by atoms with Crippen molar-refractivity contribution in [2.45, 2.75) is 70.6 Å². The smallest absolute Gasteiger partial charge is 0.146 e. The Morgan fingerprint density at radius 1 is 0.889 bits per heavy atom. The first-order chi connectivity index (χ1) is 8.93. The van der Waals surface area contributed by atoms with Gasteiger partial charge < -0.3 is 9.47 Å². The summed E-state index contributed by atoms with van der Waals surface area (Å²) >= 11 is 0. The quantitative estimate of drug-likeness (QED) is 0.266. The van der Waals surface area contributed by atoms with Crippen molar-refractivity contribution < 1.29 is 9.47 Å². The molecule has 0 amide bonds. The van der Waals surface area contributed by atoms with Crippen molar-refractivity contribution in [3.8, 4) is 0 Å². The molecule has 0 atom stereocenters. The van der Waals surface area contributed by atoms with E-state index in [2.05, 4.69) is 6.08 Å². The van der Waals surface area contributed by atoms with Crippen LogP contribution in [-0.4, -0.2) is 20.5 Å². The number of ether oxygens (including phenoxy) is 2. The minimum Gasteiger partial charge on any atom is -0.359 e. The fraction of sp³-hybridized carbons (Fsp3) is 0.875. The van der Waals surface area contributed by atoms with Crippen LogP contribution in [0.15, 0.2) is 11.6 Å². The van der Waals surface area contributed by atoms with Gasteiger partial charge in [-0.1, -0.05) is 50.2 Å². The molecule has 1 aliphatic carbocycles. The largest absolute Gasteiger partial charge is 0.359 e. The van der Waals surface area contributed by atoms with Crippen molar-refractivity contribution in [1.29, 1.82) is 0 Å². The van der Waals surface area contributed by atoms with Crippen molar-refractivity contribution >= 4 is 0 Å². The number of allylic oxidation sites excluding steroid dienone is 2. The molecular weight excluding hydrogens is 224 g/mol. The summed E-state index contributed by atoms with van der Waals surface area (Å²) in [6, 6.07) is 0. The molecule has 1 saturated carbocycles. The van der Waals surface area contributed by atoms with E-state index in [4.69, 9.17) is 9.47 Å². The topological polar surface area (TPSA) is 18.5 Å². The van der Waals surface area contributed by atoms with Crippen molar-refractivity contribution in [3.05, 3.63) is 11.6 Å². The summed E-state index contributed by atoms with van der Waals surface area (Å²) in [5.74, 6) is 0. The molecule has 0 aliphatic heterocycles. The van der Waals surface area contributed by atoms with E-state index in [-0.39, 0.29) is 0 Å². The summed E-state index contributed by atoms with van der Waals surface area (Å²) in [4.78, 5) is 0. The normalized spacial score (nSPS) is 13.9. The molecule has 1 rings (SSSR count). The van der Waals surface area contributed by atoms with Crippen LogP contribution in [0.1, 0.15) is 70.6 Å². The molecule has 2 nitrogen and oxygen atoms in total. The molecule has 0 aromatic carbocycles. The van der Waals surface area contributed by atoms with Gasteiger partial charge >= 0.3 is 0 Å². The highest BCUT2D eigenvalue weighted by atomic mass is 16.7. The summed E-state index contributed by atoms with van der Waals surface area (Å²) in [5.41, 5.74) is 1.70. The maximum absolute atomic E-state index is 5.25.